The molecule has 0 aliphatic carbocycles. The van der Waals surface area contributed by atoms with Gasteiger partial charge in [-0.05, 0) is 104 Å². The number of phenols is 1. The average molecular weight is 765 g/mol. The molecular formula is C54H53N3O. The van der Waals surface area contributed by atoms with Gasteiger partial charge in [-0.3, -0.25) is 9.55 Å². The molecule has 58 heavy (non-hydrogen) atoms. The number of aromatic hydroxyl groups is 1. The second-order valence-electron chi connectivity index (χ2n) is 18.3. The Labute approximate surface area is 351 Å². The Balaban J connectivity index is 1.40. The molecule has 8 rings (SSSR count). The van der Waals surface area contributed by atoms with Crippen molar-refractivity contribution in [3.8, 4) is 67.5 Å². The highest BCUT2D eigenvalue weighted by Crippen LogP contribution is 2.45. The van der Waals surface area contributed by atoms with Gasteiger partial charge in [-0.15, -0.1) is 0 Å². The standard InChI is InChI=1S/C54H53N3O/c1-52(2,3)41-30-39(29-40(31-41)47-32-38(27-28-55-47)36-19-14-11-15-20-36)44-21-16-22-48-49(44)56-51(45-33-42(53(4,5)6)34-46(50(45)58)54(7,8)9)57(48)43-25-23-37(24-26-43)35-17-12-10-13-18-35/h10-34,58H,1-9H3/i10D,12D,13D,17D,18D. The van der Waals surface area contributed by atoms with Crippen LogP contribution in [0.5, 0.6) is 5.75 Å². The van der Waals surface area contributed by atoms with E-state index in [0.29, 0.717) is 17.0 Å². The van der Waals surface area contributed by atoms with E-state index in [9.17, 15) is 5.11 Å². The molecule has 0 saturated carbocycles. The molecule has 8 aromatic rings. The number of phenolic OH excluding ortho intramolecular Hbond substituents is 1. The van der Waals surface area contributed by atoms with Crippen LogP contribution in [0.15, 0.2) is 152 Å². The third kappa shape index (κ3) is 7.47. The van der Waals surface area contributed by atoms with Crippen molar-refractivity contribution in [3.05, 3.63) is 168 Å². The van der Waals surface area contributed by atoms with E-state index in [1.807, 2.05) is 60.8 Å². The largest absolute Gasteiger partial charge is 0.507 e. The molecule has 0 radical (unpaired) electrons. The lowest BCUT2D eigenvalue weighted by Gasteiger charge is -2.27. The zero-order valence-electron chi connectivity index (χ0n) is 39.8. The van der Waals surface area contributed by atoms with Gasteiger partial charge in [0, 0.05) is 28.6 Å². The smallest absolute Gasteiger partial charge is 0.149 e. The van der Waals surface area contributed by atoms with E-state index in [4.69, 9.17) is 16.8 Å². The Kier molecular flexibility index (Phi) is 8.25. The molecule has 1 N–H and O–H groups in total. The quantitative estimate of drug-likeness (QED) is 0.183. The van der Waals surface area contributed by atoms with Crippen LogP contribution >= 0.6 is 0 Å². The maximum Gasteiger partial charge on any atom is 0.149 e. The fourth-order valence-electron chi connectivity index (χ4n) is 7.52. The molecule has 0 unspecified atom stereocenters. The molecule has 0 amide bonds. The van der Waals surface area contributed by atoms with Crippen molar-refractivity contribution in [1.82, 2.24) is 14.5 Å². The van der Waals surface area contributed by atoms with Crippen molar-refractivity contribution in [3.63, 3.8) is 0 Å². The van der Waals surface area contributed by atoms with Gasteiger partial charge in [0.15, 0.2) is 0 Å². The molecule has 2 aromatic heterocycles. The zero-order chi connectivity index (χ0) is 45.3. The summed E-state index contributed by atoms with van der Waals surface area (Å²) in [6.07, 6.45) is 1.86. The topological polar surface area (TPSA) is 50.9 Å². The zero-order valence-corrected chi connectivity index (χ0v) is 34.8. The lowest BCUT2D eigenvalue weighted by atomic mass is 9.79. The summed E-state index contributed by atoms with van der Waals surface area (Å²) in [6.45, 7) is 19.4. The van der Waals surface area contributed by atoms with Crippen molar-refractivity contribution >= 4 is 11.0 Å². The van der Waals surface area contributed by atoms with E-state index in [-0.39, 0.29) is 51.7 Å². The predicted octanol–water partition coefficient (Wildman–Crippen LogP) is 14.4. The van der Waals surface area contributed by atoms with Gasteiger partial charge in [0.25, 0.3) is 0 Å². The van der Waals surface area contributed by atoms with E-state index in [2.05, 4.69) is 115 Å². The van der Waals surface area contributed by atoms with Gasteiger partial charge in [-0.25, -0.2) is 4.98 Å². The highest BCUT2D eigenvalue weighted by atomic mass is 16.3. The number of benzene rings is 6. The Morgan fingerprint density at radius 1 is 0.534 bits per heavy atom. The van der Waals surface area contributed by atoms with Crippen molar-refractivity contribution in [1.29, 1.82) is 0 Å². The number of imidazole rings is 1. The Morgan fingerprint density at radius 2 is 1.19 bits per heavy atom. The number of aromatic nitrogens is 3. The Hall–Kier alpha value is -6.26. The van der Waals surface area contributed by atoms with E-state index >= 15 is 0 Å². The minimum Gasteiger partial charge on any atom is -0.507 e. The van der Waals surface area contributed by atoms with E-state index < -0.39 is 6.04 Å². The third-order valence-corrected chi connectivity index (χ3v) is 10.9. The number of pyridine rings is 1. The summed E-state index contributed by atoms with van der Waals surface area (Å²) in [5.74, 6) is 0.706. The average Bonchev–Trinajstić information content (AvgIpc) is 3.64. The number of fused-ring (bicyclic) bond motifs is 1. The normalized spacial score (nSPS) is 13.5. The molecule has 2 heterocycles. The lowest BCUT2D eigenvalue weighted by Crippen LogP contribution is -2.17. The van der Waals surface area contributed by atoms with Crippen LogP contribution in [0.3, 0.4) is 0 Å². The lowest BCUT2D eigenvalue weighted by molar-refractivity contribution is 0.446. The highest BCUT2D eigenvalue weighted by molar-refractivity contribution is 5.97. The number of nitrogens with zero attached hydrogens (tertiary/aromatic N) is 3. The van der Waals surface area contributed by atoms with Gasteiger partial charge in [-0.1, -0.05) is 159 Å². The Morgan fingerprint density at radius 3 is 1.86 bits per heavy atom. The first-order valence-electron chi connectivity index (χ1n) is 22.4. The summed E-state index contributed by atoms with van der Waals surface area (Å²) >= 11 is 0. The maximum absolute atomic E-state index is 12.3. The first-order chi connectivity index (χ1) is 29.6. The van der Waals surface area contributed by atoms with E-state index in [0.717, 1.165) is 66.9 Å². The molecular weight excluding hydrogens is 707 g/mol. The summed E-state index contributed by atoms with van der Waals surface area (Å²) in [7, 11) is 0. The molecule has 4 heteroatoms. The van der Waals surface area contributed by atoms with Crippen LogP contribution in [0.1, 0.15) is 85.9 Å². The summed E-state index contributed by atoms with van der Waals surface area (Å²) in [5.41, 5.74) is 11.6. The second kappa shape index (κ2) is 14.6. The first-order valence-corrected chi connectivity index (χ1v) is 19.9. The molecule has 4 nitrogen and oxygen atoms in total. The fourth-order valence-corrected chi connectivity index (χ4v) is 7.52. The van der Waals surface area contributed by atoms with Gasteiger partial charge in [-0.2, -0.15) is 0 Å². The number of hydrogen-bond donors (Lipinski definition) is 1. The predicted molar refractivity (Wildman–Crippen MR) is 244 cm³/mol. The molecule has 0 aliphatic heterocycles. The second-order valence-corrected chi connectivity index (χ2v) is 18.3. The van der Waals surface area contributed by atoms with Crippen molar-refractivity contribution in [2.75, 3.05) is 0 Å². The van der Waals surface area contributed by atoms with Crippen LogP contribution in [-0.4, -0.2) is 19.6 Å². The molecule has 0 saturated heterocycles. The molecule has 6 aromatic carbocycles. The van der Waals surface area contributed by atoms with Crippen LogP contribution in [0.2, 0.25) is 0 Å². The monoisotopic (exact) mass is 764 g/mol. The minimum absolute atomic E-state index is 0.134. The Bertz CT molecular complexity index is 3030. The van der Waals surface area contributed by atoms with Crippen molar-refractivity contribution in [2.24, 2.45) is 0 Å². The maximum atomic E-state index is 12.3. The molecule has 0 fully saturated rings. The molecule has 290 valence electrons. The van der Waals surface area contributed by atoms with Gasteiger partial charge in [0.1, 0.15) is 11.6 Å². The van der Waals surface area contributed by atoms with Gasteiger partial charge in [0.05, 0.1) is 29.1 Å². The summed E-state index contributed by atoms with van der Waals surface area (Å²) in [4.78, 5) is 10.4. The third-order valence-electron chi connectivity index (χ3n) is 10.9. The summed E-state index contributed by atoms with van der Waals surface area (Å²) in [5, 5.41) is 12.3. The molecule has 0 bridgehead atoms. The highest BCUT2D eigenvalue weighted by Gasteiger charge is 2.29. The molecule has 0 aliphatic rings. The van der Waals surface area contributed by atoms with E-state index in [1.54, 1.807) is 12.1 Å². The first kappa shape index (κ1) is 32.8. The van der Waals surface area contributed by atoms with Crippen LogP contribution in [0.4, 0.5) is 0 Å². The van der Waals surface area contributed by atoms with Crippen molar-refractivity contribution in [2.45, 2.75) is 78.6 Å². The van der Waals surface area contributed by atoms with Gasteiger partial charge < -0.3 is 5.11 Å². The van der Waals surface area contributed by atoms with Crippen LogP contribution in [-0.2, 0) is 16.2 Å². The number of rotatable bonds is 6. The summed E-state index contributed by atoms with van der Waals surface area (Å²) in [6, 6.07) is 37.1. The number of para-hydroxylation sites is 1. The van der Waals surface area contributed by atoms with Crippen LogP contribution in [0.25, 0.3) is 72.7 Å². The van der Waals surface area contributed by atoms with Gasteiger partial charge >= 0.3 is 0 Å². The van der Waals surface area contributed by atoms with Crippen LogP contribution in [0, 0.1) is 0 Å². The molecule has 0 spiro atoms. The fraction of sp³-hybridized carbons (Fsp3) is 0.222. The van der Waals surface area contributed by atoms with Crippen LogP contribution < -0.4 is 0 Å². The van der Waals surface area contributed by atoms with E-state index in [1.165, 1.54) is 0 Å². The summed E-state index contributed by atoms with van der Waals surface area (Å²) < 4.78 is 44.1. The SMILES string of the molecule is [2H]c1c([2H])c([2H])c(-c2ccc(-n3c(-c4cc(C(C)(C)C)cc(C(C)(C)C)c4O)nc4c(-c5cc(-c6cc(-c7ccccc7)ccn6)cc(C(C)(C)C)c5)cccc43)cc2)c([2H])c1[2H]. The minimum atomic E-state index is -0.431. The van der Waals surface area contributed by atoms with Gasteiger partial charge in [0.2, 0.25) is 0 Å². The molecule has 0 atom stereocenters. The van der Waals surface area contributed by atoms with Crippen molar-refractivity contribution < 1.29 is 12.0 Å². The number of hydrogen-bond acceptors (Lipinski definition) is 3.